The third kappa shape index (κ3) is 3.98. The number of hydrogen-bond donors (Lipinski definition) is 1. The largest absolute Gasteiger partial charge is 0.384 e. The van der Waals surface area contributed by atoms with E-state index < -0.39 is 0 Å². The molecule has 1 saturated heterocycles. The van der Waals surface area contributed by atoms with E-state index >= 15 is 0 Å². The normalized spacial score (nSPS) is 25.1. The van der Waals surface area contributed by atoms with Crippen LogP contribution in [-0.4, -0.2) is 31.1 Å². The van der Waals surface area contributed by atoms with E-state index in [-0.39, 0.29) is 5.82 Å². The van der Waals surface area contributed by atoms with Crippen molar-refractivity contribution in [1.82, 2.24) is 4.90 Å². The van der Waals surface area contributed by atoms with E-state index in [0.717, 1.165) is 30.6 Å². The van der Waals surface area contributed by atoms with Crippen molar-refractivity contribution in [3.05, 3.63) is 30.1 Å². The van der Waals surface area contributed by atoms with Gasteiger partial charge in [0.1, 0.15) is 5.82 Å². The molecule has 1 N–H and O–H groups in total. The summed E-state index contributed by atoms with van der Waals surface area (Å²) >= 11 is 0. The highest BCUT2D eigenvalue weighted by molar-refractivity contribution is 5.42. The third-order valence-electron chi connectivity index (χ3n) is 3.55. The molecular formula is C15H23FN2. The van der Waals surface area contributed by atoms with Crippen LogP contribution in [0.2, 0.25) is 0 Å². The van der Waals surface area contributed by atoms with Gasteiger partial charge in [-0.25, -0.2) is 4.39 Å². The second-order valence-corrected chi connectivity index (χ2v) is 5.64. The molecule has 1 heterocycles. The van der Waals surface area contributed by atoms with Crippen LogP contribution in [0.25, 0.3) is 0 Å². The van der Waals surface area contributed by atoms with Crippen LogP contribution in [0.4, 0.5) is 10.1 Å². The van der Waals surface area contributed by atoms with Crippen LogP contribution in [0.15, 0.2) is 24.3 Å². The first-order valence-electron chi connectivity index (χ1n) is 6.85. The number of nitrogens with zero attached hydrogens (tertiary/aromatic N) is 1. The van der Waals surface area contributed by atoms with Crippen LogP contribution in [0.5, 0.6) is 0 Å². The number of piperidine rings is 1. The molecule has 0 amide bonds. The summed E-state index contributed by atoms with van der Waals surface area (Å²) in [6.07, 6.45) is 1.35. The summed E-state index contributed by atoms with van der Waals surface area (Å²) in [6, 6.07) is 6.56. The van der Waals surface area contributed by atoms with Crippen LogP contribution in [0.1, 0.15) is 20.3 Å². The zero-order chi connectivity index (χ0) is 13.0. The average molecular weight is 250 g/mol. The zero-order valence-corrected chi connectivity index (χ0v) is 11.3. The van der Waals surface area contributed by atoms with Gasteiger partial charge in [-0.3, -0.25) is 0 Å². The average Bonchev–Trinajstić information content (AvgIpc) is 2.30. The van der Waals surface area contributed by atoms with Gasteiger partial charge in [-0.05, 0) is 42.5 Å². The van der Waals surface area contributed by atoms with Gasteiger partial charge < -0.3 is 10.2 Å². The number of halogens is 1. The van der Waals surface area contributed by atoms with E-state index in [2.05, 4.69) is 24.1 Å². The van der Waals surface area contributed by atoms with Crippen molar-refractivity contribution in [2.24, 2.45) is 11.8 Å². The molecular weight excluding hydrogens is 227 g/mol. The van der Waals surface area contributed by atoms with Gasteiger partial charge in [-0.1, -0.05) is 13.8 Å². The molecule has 3 heteroatoms. The maximum atomic E-state index is 12.7. The second-order valence-electron chi connectivity index (χ2n) is 5.64. The molecule has 1 aromatic rings. The van der Waals surface area contributed by atoms with Crippen molar-refractivity contribution in [3.63, 3.8) is 0 Å². The predicted molar refractivity (Wildman–Crippen MR) is 74.3 cm³/mol. The van der Waals surface area contributed by atoms with Crippen molar-refractivity contribution in [3.8, 4) is 0 Å². The Bertz CT molecular complexity index is 353. The predicted octanol–water partition coefficient (Wildman–Crippen LogP) is 3.22. The quantitative estimate of drug-likeness (QED) is 0.882. The molecule has 1 fully saturated rings. The van der Waals surface area contributed by atoms with E-state index in [0.29, 0.717) is 0 Å². The Morgan fingerprint density at radius 1 is 1.17 bits per heavy atom. The number of anilines is 1. The van der Waals surface area contributed by atoms with Crippen molar-refractivity contribution in [1.29, 1.82) is 0 Å². The minimum absolute atomic E-state index is 0.181. The summed E-state index contributed by atoms with van der Waals surface area (Å²) < 4.78 is 12.7. The molecule has 100 valence electrons. The summed E-state index contributed by atoms with van der Waals surface area (Å²) in [5.41, 5.74) is 0.995. The molecule has 18 heavy (non-hydrogen) atoms. The highest BCUT2D eigenvalue weighted by Gasteiger charge is 2.20. The molecule has 0 radical (unpaired) electrons. The lowest BCUT2D eigenvalue weighted by Gasteiger charge is -2.35. The summed E-state index contributed by atoms with van der Waals surface area (Å²) in [4.78, 5) is 2.52. The van der Waals surface area contributed by atoms with Gasteiger partial charge in [0.15, 0.2) is 0 Å². The van der Waals surface area contributed by atoms with Crippen LogP contribution in [0.3, 0.4) is 0 Å². The maximum absolute atomic E-state index is 12.7. The number of rotatable bonds is 4. The minimum Gasteiger partial charge on any atom is -0.384 e. The summed E-state index contributed by atoms with van der Waals surface area (Å²) in [5, 5.41) is 3.34. The van der Waals surface area contributed by atoms with Gasteiger partial charge in [0, 0.05) is 31.9 Å². The molecule has 0 aliphatic carbocycles. The Balaban J connectivity index is 1.73. The third-order valence-corrected chi connectivity index (χ3v) is 3.55. The topological polar surface area (TPSA) is 15.3 Å². The Morgan fingerprint density at radius 3 is 2.39 bits per heavy atom. The first-order valence-corrected chi connectivity index (χ1v) is 6.85. The summed E-state index contributed by atoms with van der Waals surface area (Å²) in [6.45, 7) is 9.05. The molecule has 0 spiro atoms. The second kappa shape index (κ2) is 6.19. The zero-order valence-electron chi connectivity index (χ0n) is 11.3. The maximum Gasteiger partial charge on any atom is 0.123 e. The molecule has 2 rings (SSSR count). The Hall–Kier alpha value is -1.09. The van der Waals surface area contributed by atoms with Gasteiger partial charge in [-0.15, -0.1) is 0 Å². The first kappa shape index (κ1) is 13.3. The van der Waals surface area contributed by atoms with Gasteiger partial charge in [0.2, 0.25) is 0 Å². The number of likely N-dealkylation sites (tertiary alicyclic amines) is 1. The van der Waals surface area contributed by atoms with Crippen molar-refractivity contribution >= 4 is 5.69 Å². The fraction of sp³-hybridized carbons (Fsp3) is 0.600. The van der Waals surface area contributed by atoms with Crippen LogP contribution in [-0.2, 0) is 0 Å². The number of nitrogens with one attached hydrogen (secondary N) is 1. The molecule has 1 aromatic carbocycles. The van der Waals surface area contributed by atoms with E-state index in [1.807, 2.05) is 0 Å². The monoisotopic (exact) mass is 250 g/mol. The van der Waals surface area contributed by atoms with Gasteiger partial charge in [-0.2, -0.15) is 0 Å². The molecule has 0 saturated carbocycles. The number of hydrogen-bond acceptors (Lipinski definition) is 2. The van der Waals surface area contributed by atoms with E-state index in [1.54, 1.807) is 12.1 Å². The molecule has 1 aliphatic heterocycles. The highest BCUT2D eigenvalue weighted by Crippen LogP contribution is 2.20. The lowest BCUT2D eigenvalue weighted by atomic mass is 9.92. The molecule has 0 bridgehead atoms. The number of benzene rings is 1. The smallest absolute Gasteiger partial charge is 0.123 e. The fourth-order valence-electron chi connectivity index (χ4n) is 2.90. The molecule has 2 atom stereocenters. The molecule has 2 nitrogen and oxygen atoms in total. The van der Waals surface area contributed by atoms with Crippen molar-refractivity contribution < 1.29 is 4.39 Å². The summed E-state index contributed by atoms with van der Waals surface area (Å²) in [7, 11) is 0. The first-order chi connectivity index (χ1) is 8.63. The Kier molecular flexibility index (Phi) is 4.59. The van der Waals surface area contributed by atoms with Crippen molar-refractivity contribution in [2.75, 3.05) is 31.5 Å². The van der Waals surface area contributed by atoms with Crippen LogP contribution >= 0.6 is 0 Å². The van der Waals surface area contributed by atoms with Crippen LogP contribution in [0, 0.1) is 17.7 Å². The van der Waals surface area contributed by atoms with Gasteiger partial charge in [0.05, 0.1) is 0 Å². The highest BCUT2D eigenvalue weighted by atomic mass is 19.1. The van der Waals surface area contributed by atoms with Crippen molar-refractivity contribution in [2.45, 2.75) is 20.3 Å². The Morgan fingerprint density at radius 2 is 1.78 bits per heavy atom. The van der Waals surface area contributed by atoms with Gasteiger partial charge >= 0.3 is 0 Å². The standard InChI is InChI=1S/C15H23FN2/c1-12-9-13(2)11-18(10-12)8-7-17-15-5-3-14(16)4-6-15/h3-6,12-13,17H,7-11H2,1-2H3. The van der Waals surface area contributed by atoms with E-state index in [1.165, 1.54) is 31.6 Å². The lowest BCUT2D eigenvalue weighted by molar-refractivity contribution is 0.146. The molecule has 0 aromatic heterocycles. The van der Waals surface area contributed by atoms with E-state index in [9.17, 15) is 4.39 Å². The lowest BCUT2D eigenvalue weighted by Crippen LogP contribution is -2.41. The molecule has 2 unspecified atom stereocenters. The van der Waals surface area contributed by atoms with Gasteiger partial charge in [0.25, 0.3) is 0 Å². The summed E-state index contributed by atoms with van der Waals surface area (Å²) in [5.74, 6) is 1.43. The van der Waals surface area contributed by atoms with E-state index in [4.69, 9.17) is 0 Å². The fourth-order valence-corrected chi connectivity index (χ4v) is 2.90. The SMILES string of the molecule is CC1CC(C)CN(CCNc2ccc(F)cc2)C1. The minimum atomic E-state index is -0.181. The molecule has 1 aliphatic rings. The Labute approximate surface area is 109 Å². The van der Waals surface area contributed by atoms with Crippen LogP contribution < -0.4 is 5.32 Å².